The summed E-state index contributed by atoms with van der Waals surface area (Å²) in [5.74, 6) is 0. The van der Waals surface area contributed by atoms with Gasteiger partial charge in [-0.2, -0.15) is 0 Å². The lowest BCUT2D eigenvalue weighted by molar-refractivity contribution is 0.163. The summed E-state index contributed by atoms with van der Waals surface area (Å²) in [5.41, 5.74) is 0. The number of nitrogens with zero attached hydrogens (tertiary/aromatic N) is 1. The highest BCUT2D eigenvalue weighted by atomic mass is 15.2. The minimum atomic E-state index is 0.738. The van der Waals surface area contributed by atoms with Gasteiger partial charge in [0.1, 0.15) is 0 Å². The minimum Gasteiger partial charge on any atom is -0.314 e. The first-order valence-electron chi connectivity index (χ1n) is 5.62. The van der Waals surface area contributed by atoms with Crippen LogP contribution in [-0.2, 0) is 0 Å². The summed E-state index contributed by atoms with van der Waals surface area (Å²) < 4.78 is 0. The third-order valence-electron chi connectivity index (χ3n) is 2.89. The maximum absolute atomic E-state index is 4.05. The van der Waals surface area contributed by atoms with Gasteiger partial charge < -0.3 is 5.32 Å². The summed E-state index contributed by atoms with van der Waals surface area (Å²) >= 11 is 0. The van der Waals surface area contributed by atoms with Crippen LogP contribution in [0.15, 0.2) is 0 Å². The van der Waals surface area contributed by atoms with Crippen molar-refractivity contribution in [3.63, 3.8) is 0 Å². The first kappa shape index (κ1) is 11.0. The molecule has 0 spiro atoms. The van der Waals surface area contributed by atoms with Crippen LogP contribution in [0.1, 0.15) is 32.6 Å². The largest absolute Gasteiger partial charge is 0.314 e. The van der Waals surface area contributed by atoms with Crippen LogP contribution < -0.4 is 5.32 Å². The maximum Gasteiger partial charge on any atom is 0.0110 e. The van der Waals surface area contributed by atoms with Crippen LogP contribution >= 0.6 is 0 Å². The number of rotatable bonds is 5. The molecule has 1 aliphatic heterocycles. The van der Waals surface area contributed by atoms with Gasteiger partial charge in [-0.25, -0.2) is 0 Å². The number of hydrogen-bond acceptors (Lipinski definition) is 2. The topological polar surface area (TPSA) is 15.3 Å². The van der Waals surface area contributed by atoms with Gasteiger partial charge in [-0.1, -0.05) is 26.7 Å². The van der Waals surface area contributed by atoms with E-state index in [1.807, 2.05) is 0 Å². The van der Waals surface area contributed by atoms with Crippen LogP contribution in [0.25, 0.3) is 0 Å². The van der Waals surface area contributed by atoms with E-state index in [9.17, 15) is 0 Å². The molecule has 0 aromatic carbocycles. The van der Waals surface area contributed by atoms with Gasteiger partial charge in [0, 0.05) is 32.2 Å². The molecular formula is C11H23N2. The molecule has 13 heavy (non-hydrogen) atoms. The third kappa shape index (κ3) is 3.65. The Bertz CT molecular complexity index is 119. The van der Waals surface area contributed by atoms with Crippen molar-refractivity contribution in [3.8, 4) is 0 Å². The quantitative estimate of drug-likeness (QED) is 0.697. The monoisotopic (exact) mass is 183 g/mol. The Balaban J connectivity index is 2.26. The molecule has 1 radical (unpaired) electrons. The van der Waals surface area contributed by atoms with Crippen LogP contribution in [0.4, 0.5) is 0 Å². The molecule has 1 N–H and O–H groups in total. The molecule has 1 atom stereocenters. The Labute approximate surface area is 82.7 Å². The zero-order valence-corrected chi connectivity index (χ0v) is 8.89. The molecule has 0 aliphatic carbocycles. The van der Waals surface area contributed by atoms with E-state index in [1.165, 1.54) is 32.4 Å². The highest BCUT2D eigenvalue weighted by molar-refractivity contribution is 4.77. The fraction of sp³-hybridized carbons (Fsp3) is 0.909. The van der Waals surface area contributed by atoms with Crippen LogP contribution in [0, 0.1) is 6.92 Å². The number of unbranched alkanes of at least 4 members (excludes halogenated alkanes) is 1. The van der Waals surface area contributed by atoms with Crippen LogP contribution in [0.2, 0.25) is 0 Å². The van der Waals surface area contributed by atoms with E-state index >= 15 is 0 Å². The summed E-state index contributed by atoms with van der Waals surface area (Å²) in [6, 6.07) is 0.738. The smallest absolute Gasteiger partial charge is 0.0110 e. The first-order valence-corrected chi connectivity index (χ1v) is 5.62. The van der Waals surface area contributed by atoms with Crippen LogP contribution in [0.3, 0.4) is 0 Å². The molecule has 0 aromatic rings. The third-order valence-corrected chi connectivity index (χ3v) is 2.89. The highest BCUT2D eigenvalue weighted by Gasteiger charge is 2.17. The van der Waals surface area contributed by atoms with Gasteiger partial charge in [0.25, 0.3) is 0 Å². The van der Waals surface area contributed by atoms with Crippen LogP contribution in [-0.4, -0.2) is 37.1 Å². The van der Waals surface area contributed by atoms with E-state index in [2.05, 4.69) is 24.1 Å². The van der Waals surface area contributed by atoms with Gasteiger partial charge in [0.15, 0.2) is 0 Å². The van der Waals surface area contributed by atoms with E-state index < -0.39 is 0 Å². The summed E-state index contributed by atoms with van der Waals surface area (Å²) in [5, 5.41) is 3.39. The van der Waals surface area contributed by atoms with Crippen molar-refractivity contribution in [3.05, 3.63) is 6.92 Å². The average Bonchev–Trinajstić information content (AvgIpc) is 2.21. The molecule has 2 nitrogen and oxygen atoms in total. The predicted octanol–water partition coefficient (Wildman–Crippen LogP) is 1.67. The lowest BCUT2D eigenvalue weighted by Crippen LogP contribution is -2.48. The molecule has 0 aromatic heterocycles. The molecule has 1 aliphatic rings. The lowest BCUT2D eigenvalue weighted by atomic mass is 10.1. The Hall–Kier alpha value is -0.0800. The summed E-state index contributed by atoms with van der Waals surface area (Å²) in [4.78, 5) is 2.60. The van der Waals surface area contributed by atoms with Gasteiger partial charge >= 0.3 is 0 Å². The molecule has 1 unspecified atom stereocenters. The predicted molar refractivity (Wildman–Crippen MR) is 57.7 cm³/mol. The number of piperazine rings is 1. The van der Waals surface area contributed by atoms with Crippen molar-refractivity contribution in [2.24, 2.45) is 0 Å². The fourth-order valence-electron chi connectivity index (χ4n) is 2.00. The molecule has 2 heteroatoms. The van der Waals surface area contributed by atoms with E-state index in [0.717, 1.165) is 25.6 Å². The normalized spacial score (nSPS) is 21.7. The molecule has 77 valence electrons. The standard InChI is InChI=1S/C11H23N2/c1-3-5-6-11(4-2)13-9-7-12-8-10-13/h11-12H,2-10H2,1H3. The summed E-state index contributed by atoms with van der Waals surface area (Å²) in [6.07, 6.45) is 5.06. The Morgan fingerprint density at radius 2 is 2.08 bits per heavy atom. The molecule has 0 amide bonds. The Morgan fingerprint density at radius 3 is 2.62 bits per heavy atom. The van der Waals surface area contributed by atoms with E-state index in [1.54, 1.807) is 0 Å². The Kier molecular flexibility index (Phi) is 5.40. The molecule has 1 fully saturated rings. The summed E-state index contributed by atoms with van der Waals surface area (Å²) in [7, 11) is 0. The first-order chi connectivity index (χ1) is 6.38. The lowest BCUT2D eigenvalue weighted by Gasteiger charge is -2.34. The van der Waals surface area contributed by atoms with Crippen molar-refractivity contribution in [1.82, 2.24) is 10.2 Å². The molecular weight excluding hydrogens is 160 g/mol. The minimum absolute atomic E-state index is 0.738. The summed E-state index contributed by atoms with van der Waals surface area (Å²) in [6.45, 7) is 11.0. The molecule has 1 heterocycles. The zero-order chi connectivity index (χ0) is 9.52. The zero-order valence-electron chi connectivity index (χ0n) is 8.89. The van der Waals surface area contributed by atoms with Gasteiger partial charge in [-0.05, 0) is 12.8 Å². The van der Waals surface area contributed by atoms with Gasteiger partial charge in [-0.3, -0.25) is 4.90 Å². The van der Waals surface area contributed by atoms with Crippen LogP contribution in [0.5, 0.6) is 0 Å². The fourth-order valence-corrected chi connectivity index (χ4v) is 2.00. The van der Waals surface area contributed by atoms with E-state index in [-0.39, 0.29) is 0 Å². The maximum atomic E-state index is 4.05. The van der Waals surface area contributed by atoms with Crippen molar-refractivity contribution in [2.75, 3.05) is 26.2 Å². The molecule has 0 bridgehead atoms. The molecule has 0 saturated carbocycles. The SMILES string of the molecule is [CH2]CC(CCCC)N1CCNCC1. The van der Waals surface area contributed by atoms with E-state index in [0.29, 0.717) is 0 Å². The van der Waals surface area contributed by atoms with Crippen molar-refractivity contribution in [2.45, 2.75) is 38.6 Å². The van der Waals surface area contributed by atoms with Crippen molar-refractivity contribution >= 4 is 0 Å². The molecule has 1 saturated heterocycles. The highest BCUT2D eigenvalue weighted by Crippen LogP contribution is 2.12. The number of nitrogens with one attached hydrogen (secondary N) is 1. The van der Waals surface area contributed by atoms with Gasteiger partial charge in [-0.15, -0.1) is 0 Å². The van der Waals surface area contributed by atoms with Crippen molar-refractivity contribution < 1.29 is 0 Å². The van der Waals surface area contributed by atoms with E-state index in [4.69, 9.17) is 0 Å². The second kappa shape index (κ2) is 6.39. The van der Waals surface area contributed by atoms with Gasteiger partial charge in [0.2, 0.25) is 0 Å². The molecule has 1 rings (SSSR count). The Morgan fingerprint density at radius 1 is 1.38 bits per heavy atom. The average molecular weight is 183 g/mol. The van der Waals surface area contributed by atoms with Crippen molar-refractivity contribution in [1.29, 1.82) is 0 Å². The van der Waals surface area contributed by atoms with Gasteiger partial charge in [0.05, 0.1) is 0 Å². The second-order valence-electron chi connectivity index (χ2n) is 3.87. The second-order valence-corrected chi connectivity index (χ2v) is 3.87. The number of hydrogen-bond donors (Lipinski definition) is 1.